The second kappa shape index (κ2) is 12.9. The first-order chi connectivity index (χ1) is 10.6. The number of thiazole rings is 1. The monoisotopic (exact) mass is 455 g/mol. The lowest BCUT2D eigenvalue weighted by atomic mass is 10.4. The third-order valence-electron chi connectivity index (χ3n) is 3.25. The van der Waals surface area contributed by atoms with Crippen LogP contribution in [0.4, 0.5) is 0 Å². The molecule has 0 unspecified atom stereocenters. The third kappa shape index (κ3) is 9.43. The summed E-state index contributed by atoms with van der Waals surface area (Å²) in [5.74, 6) is 0.841. The predicted molar refractivity (Wildman–Crippen MR) is 109 cm³/mol. The van der Waals surface area contributed by atoms with Gasteiger partial charge in [0, 0.05) is 38.2 Å². The van der Waals surface area contributed by atoms with Crippen molar-refractivity contribution in [2.45, 2.75) is 27.3 Å². The summed E-state index contributed by atoms with van der Waals surface area (Å²) in [6.45, 7) is 11.2. The molecular weight excluding hydrogens is 425 g/mol. The third-order valence-corrected chi connectivity index (χ3v) is 4.31. The molecular formula is C15H30IN5OS. The van der Waals surface area contributed by atoms with E-state index < -0.39 is 0 Å². The average molecular weight is 455 g/mol. The Bertz CT molecular complexity index is 447. The van der Waals surface area contributed by atoms with E-state index in [1.165, 1.54) is 4.88 Å². The predicted octanol–water partition coefficient (Wildman–Crippen LogP) is 2.01. The maximum atomic E-state index is 5.07. The van der Waals surface area contributed by atoms with Crippen LogP contribution >= 0.6 is 35.3 Å². The van der Waals surface area contributed by atoms with Crippen LogP contribution < -0.4 is 10.6 Å². The molecule has 0 radical (unpaired) electrons. The largest absolute Gasteiger partial charge is 0.383 e. The number of ether oxygens (including phenoxy) is 1. The molecule has 0 aromatic carbocycles. The zero-order chi connectivity index (χ0) is 16.4. The Labute approximate surface area is 161 Å². The van der Waals surface area contributed by atoms with Gasteiger partial charge in [-0.2, -0.15) is 0 Å². The first-order valence-electron chi connectivity index (χ1n) is 7.69. The van der Waals surface area contributed by atoms with Crippen molar-refractivity contribution in [3.05, 3.63) is 15.6 Å². The van der Waals surface area contributed by atoms with Gasteiger partial charge in [0.2, 0.25) is 0 Å². The van der Waals surface area contributed by atoms with E-state index in [0.29, 0.717) is 6.54 Å². The van der Waals surface area contributed by atoms with Crippen molar-refractivity contribution in [1.29, 1.82) is 0 Å². The molecule has 2 N–H and O–H groups in total. The summed E-state index contributed by atoms with van der Waals surface area (Å²) in [6, 6.07) is 0. The molecule has 0 bridgehead atoms. The highest BCUT2D eigenvalue weighted by Gasteiger charge is 2.04. The minimum atomic E-state index is 0. The minimum absolute atomic E-state index is 0. The smallest absolute Gasteiger partial charge is 0.191 e. The first kappa shape index (κ1) is 22.6. The highest BCUT2D eigenvalue weighted by molar-refractivity contribution is 14.0. The number of halogens is 1. The molecule has 6 nitrogen and oxygen atoms in total. The van der Waals surface area contributed by atoms with E-state index in [4.69, 9.17) is 4.74 Å². The van der Waals surface area contributed by atoms with Crippen molar-refractivity contribution in [2.24, 2.45) is 4.99 Å². The van der Waals surface area contributed by atoms with Crippen LogP contribution in [-0.2, 0) is 11.3 Å². The Balaban J connectivity index is 0.00000484. The number of hydrogen-bond donors (Lipinski definition) is 2. The zero-order valence-electron chi connectivity index (χ0n) is 14.8. The van der Waals surface area contributed by atoms with Gasteiger partial charge in [0.25, 0.3) is 0 Å². The van der Waals surface area contributed by atoms with Crippen molar-refractivity contribution < 1.29 is 4.74 Å². The molecule has 0 amide bonds. The average Bonchev–Trinajstić information content (AvgIpc) is 2.81. The Hall–Kier alpha value is -0.450. The van der Waals surface area contributed by atoms with E-state index in [1.807, 2.05) is 6.92 Å². The Morgan fingerprint density at radius 3 is 2.61 bits per heavy atom. The molecule has 0 saturated heterocycles. The van der Waals surface area contributed by atoms with Crippen molar-refractivity contribution in [2.75, 3.05) is 46.9 Å². The minimum Gasteiger partial charge on any atom is -0.383 e. The maximum absolute atomic E-state index is 5.07. The Morgan fingerprint density at radius 2 is 2.04 bits per heavy atom. The van der Waals surface area contributed by atoms with E-state index in [1.54, 1.807) is 18.4 Å². The van der Waals surface area contributed by atoms with E-state index in [2.05, 4.69) is 46.4 Å². The lowest BCUT2D eigenvalue weighted by Crippen LogP contribution is -2.41. The fourth-order valence-electron chi connectivity index (χ4n) is 1.82. The Morgan fingerprint density at radius 1 is 1.30 bits per heavy atom. The van der Waals surface area contributed by atoms with Crippen molar-refractivity contribution in [3.8, 4) is 0 Å². The molecule has 8 heteroatoms. The molecule has 0 atom stereocenters. The quantitative estimate of drug-likeness (QED) is 0.339. The fraction of sp³-hybridized carbons (Fsp3) is 0.733. The van der Waals surface area contributed by atoms with Gasteiger partial charge in [0.1, 0.15) is 5.01 Å². The number of guanidine groups is 1. The highest BCUT2D eigenvalue weighted by atomic mass is 127. The number of methoxy groups -OCH3 is 1. The van der Waals surface area contributed by atoms with Gasteiger partial charge in [-0.3, -0.25) is 0 Å². The van der Waals surface area contributed by atoms with Crippen LogP contribution in [0.5, 0.6) is 0 Å². The van der Waals surface area contributed by atoms with Gasteiger partial charge in [-0.05, 0) is 27.8 Å². The molecule has 0 aliphatic rings. The van der Waals surface area contributed by atoms with Crippen LogP contribution in [0.25, 0.3) is 0 Å². The van der Waals surface area contributed by atoms with Gasteiger partial charge in [-0.25, -0.2) is 9.98 Å². The summed E-state index contributed by atoms with van der Waals surface area (Å²) in [5.41, 5.74) is 1.10. The Kier molecular flexibility index (Phi) is 12.7. The topological polar surface area (TPSA) is 61.8 Å². The molecule has 134 valence electrons. The molecule has 0 saturated carbocycles. The summed E-state index contributed by atoms with van der Waals surface area (Å²) in [7, 11) is 3.82. The first-order valence-corrected chi connectivity index (χ1v) is 8.51. The van der Waals surface area contributed by atoms with Crippen LogP contribution in [0.15, 0.2) is 4.99 Å². The molecule has 1 rings (SSSR count). The van der Waals surface area contributed by atoms with Gasteiger partial charge in [-0.1, -0.05) is 0 Å². The lowest BCUT2D eigenvalue weighted by molar-refractivity contribution is 0.162. The number of aryl methyl sites for hydroxylation is 2. The second-order valence-corrected chi connectivity index (χ2v) is 6.45. The van der Waals surface area contributed by atoms with Crippen LogP contribution in [0.2, 0.25) is 0 Å². The fourth-order valence-corrected chi connectivity index (χ4v) is 2.68. The number of hydrogen-bond acceptors (Lipinski definition) is 5. The van der Waals surface area contributed by atoms with E-state index in [0.717, 1.165) is 49.4 Å². The molecule has 0 aliphatic heterocycles. The van der Waals surface area contributed by atoms with E-state index >= 15 is 0 Å². The van der Waals surface area contributed by atoms with Crippen LogP contribution in [0, 0.1) is 13.8 Å². The van der Waals surface area contributed by atoms with Crippen molar-refractivity contribution >= 4 is 41.3 Å². The van der Waals surface area contributed by atoms with Crippen LogP contribution in [-0.4, -0.2) is 62.8 Å². The summed E-state index contributed by atoms with van der Waals surface area (Å²) in [4.78, 5) is 12.6. The summed E-state index contributed by atoms with van der Waals surface area (Å²) in [6.07, 6.45) is 0. The normalized spacial score (nSPS) is 11.5. The number of nitrogens with zero attached hydrogens (tertiary/aromatic N) is 3. The molecule has 23 heavy (non-hydrogen) atoms. The molecule has 0 fully saturated rings. The van der Waals surface area contributed by atoms with Crippen molar-refractivity contribution in [3.63, 3.8) is 0 Å². The van der Waals surface area contributed by atoms with Gasteiger partial charge in [0.15, 0.2) is 5.96 Å². The van der Waals surface area contributed by atoms with E-state index in [9.17, 15) is 0 Å². The number of likely N-dealkylation sites (N-methyl/N-ethyl adjacent to an activating group) is 1. The maximum Gasteiger partial charge on any atom is 0.191 e. The molecule has 1 heterocycles. The van der Waals surface area contributed by atoms with Crippen molar-refractivity contribution in [1.82, 2.24) is 20.5 Å². The number of aliphatic imine (C=N–C) groups is 1. The number of rotatable bonds is 9. The van der Waals surface area contributed by atoms with Crippen LogP contribution in [0.1, 0.15) is 22.5 Å². The number of aromatic nitrogens is 1. The van der Waals surface area contributed by atoms with E-state index in [-0.39, 0.29) is 24.0 Å². The second-order valence-electron chi connectivity index (χ2n) is 5.17. The van der Waals surface area contributed by atoms with Crippen LogP contribution in [0.3, 0.4) is 0 Å². The molecule has 0 spiro atoms. The summed E-state index contributed by atoms with van der Waals surface area (Å²) >= 11 is 1.72. The molecule has 0 aliphatic carbocycles. The summed E-state index contributed by atoms with van der Waals surface area (Å²) < 4.78 is 5.07. The SMILES string of the molecule is CCNC(=NCc1nc(C)c(C)s1)NCCN(C)CCOC.I. The lowest BCUT2D eigenvalue weighted by Gasteiger charge is -2.17. The zero-order valence-corrected chi connectivity index (χ0v) is 18.0. The number of nitrogens with one attached hydrogen (secondary N) is 2. The van der Waals surface area contributed by atoms with Gasteiger partial charge >= 0.3 is 0 Å². The standard InChI is InChI=1S/C15H29N5OS.HI/c1-6-16-15(17-7-8-20(4)9-10-21-5)18-11-14-19-12(2)13(3)22-14;/h6-11H2,1-5H3,(H2,16,17,18);1H. The summed E-state index contributed by atoms with van der Waals surface area (Å²) in [5, 5.41) is 7.68. The highest BCUT2D eigenvalue weighted by Crippen LogP contribution is 2.16. The molecule has 1 aromatic rings. The van der Waals surface area contributed by atoms with Gasteiger partial charge < -0.3 is 20.3 Å². The van der Waals surface area contributed by atoms with Gasteiger partial charge in [-0.15, -0.1) is 35.3 Å². The van der Waals surface area contributed by atoms with Gasteiger partial charge in [0.05, 0.1) is 18.8 Å². The molecule has 1 aromatic heterocycles.